The van der Waals surface area contributed by atoms with Crippen LogP contribution in [-0.4, -0.2) is 22.2 Å². The van der Waals surface area contributed by atoms with Gasteiger partial charge in [0.15, 0.2) is 11.6 Å². The van der Waals surface area contributed by atoms with Crippen molar-refractivity contribution in [2.45, 2.75) is 44.4 Å². The summed E-state index contributed by atoms with van der Waals surface area (Å²) in [5, 5.41) is 7.42. The average Bonchev–Trinajstić information content (AvgIpc) is 2.97. The molecular formula is C19H23F2N3O. The van der Waals surface area contributed by atoms with Gasteiger partial charge in [0.1, 0.15) is 0 Å². The zero-order chi connectivity index (χ0) is 17.8. The van der Waals surface area contributed by atoms with E-state index < -0.39 is 11.6 Å². The Balaban J connectivity index is 1.43. The average molecular weight is 347 g/mol. The number of hydrogen-bond donors (Lipinski definition) is 1. The van der Waals surface area contributed by atoms with E-state index in [-0.39, 0.29) is 11.8 Å². The first kappa shape index (κ1) is 17.6. The van der Waals surface area contributed by atoms with E-state index in [4.69, 9.17) is 0 Å². The Morgan fingerprint density at radius 2 is 2.16 bits per heavy atom. The van der Waals surface area contributed by atoms with Crippen molar-refractivity contribution < 1.29 is 13.6 Å². The molecule has 0 saturated heterocycles. The Hall–Kier alpha value is -2.24. The van der Waals surface area contributed by atoms with Gasteiger partial charge in [0.2, 0.25) is 5.91 Å². The molecule has 0 radical (unpaired) electrons. The molecule has 1 N–H and O–H groups in total. The summed E-state index contributed by atoms with van der Waals surface area (Å²) in [5.41, 5.74) is 2.86. The smallest absolute Gasteiger partial charge is 0.227 e. The second kappa shape index (κ2) is 7.76. The van der Waals surface area contributed by atoms with Crippen molar-refractivity contribution in [2.24, 2.45) is 7.05 Å². The van der Waals surface area contributed by atoms with E-state index >= 15 is 0 Å². The fourth-order valence-corrected chi connectivity index (χ4v) is 3.42. The number of amides is 1. The van der Waals surface area contributed by atoms with Crippen molar-refractivity contribution in [1.29, 1.82) is 0 Å². The van der Waals surface area contributed by atoms with Crippen LogP contribution in [0.3, 0.4) is 0 Å². The molecule has 1 aliphatic carbocycles. The maximum atomic E-state index is 13.2. The number of nitrogens with zero attached hydrogens (tertiary/aromatic N) is 2. The van der Waals surface area contributed by atoms with Crippen LogP contribution >= 0.6 is 0 Å². The molecule has 2 aromatic rings. The second-order valence-corrected chi connectivity index (χ2v) is 6.65. The number of nitrogens with one attached hydrogen (secondary N) is 1. The lowest BCUT2D eigenvalue weighted by Crippen LogP contribution is -2.31. The third-order valence-electron chi connectivity index (χ3n) is 4.71. The standard InChI is InChI=1S/C19H23F2N3O/c1-24-12-15-14(6-4-7-18(15)23-24)19(25)22-10-3-2-5-13-8-9-16(20)17(21)11-13/h8-9,11-12,14H,2-7,10H2,1H3,(H,22,25)/t14-/m0/s1. The molecule has 1 heterocycles. The summed E-state index contributed by atoms with van der Waals surface area (Å²) in [7, 11) is 1.88. The number of halogens is 2. The Labute approximate surface area is 146 Å². The van der Waals surface area contributed by atoms with Crippen molar-refractivity contribution >= 4 is 5.91 Å². The molecule has 6 heteroatoms. The van der Waals surface area contributed by atoms with Gasteiger partial charge in [-0.05, 0) is 56.2 Å². The minimum Gasteiger partial charge on any atom is -0.356 e. The molecule has 1 aromatic heterocycles. The highest BCUT2D eigenvalue weighted by molar-refractivity contribution is 5.84. The summed E-state index contributed by atoms with van der Waals surface area (Å²) in [6, 6.07) is 3.99. The van der Waals surface area contributed by atoms with E-state index in [1.54, 1.807) is 10.7 Å². The Bertz CT molecular complexity index is 757. The number of benzene rings is 1. The molecule has 0 unspecified atom stereocenters. The van der Waals surface area contributed by atoms with Crippen molar-refractivity contribution in [1.82, 2.24) is 15.1 Å². The molecule has 3 rings (SSSR count). The molecule has 0 saturated carbocycles. The third-order valence-corrected chi connectivity index (χ3v) is 4.71. The molecule has 0 aliphatic heterocycles. The van der Waals surface area contributed by atoms with Gasteiger partial charge in [0, 0.05) is 25.4 Å². The first-order valence-electron chi connectivity index (χ1n) is 8.78. The normalized spacial score (nSPS) is 16.5. The van der Waals surface area contributed by atoms with E-state index in [9.17, 15) is 13.6 Å². The number of fused-ring (bicyclic) bond motifs is 1. The Kier molecular flexibility index (Phi) is 5.46. The number of carbonyl (C=O) groups is 1. The summed E-state index contributed by atoms with van der Waals surface area (Å²) in [6.07, 6.45) is 7.02. The highest BCUT2D eigenvalue weighted by Crippen LogP contribution is 2.30. The summed E-state index contributed by atoms with van der Waals surface area (Å²) in [6.45, 7) is 0.592. The van der Waals surface area contributed by atoms with Crippen LogP contribution in [0.15, 0.2) is 24.4 Å². The van der Waals surface area contributed by atoms with E-state index in [0.717, 1.165) is 55.0 Å². The van der Waals surface area contributed by atoms with Gasteiger partial charge in [-0.25, -0.2) is 8.78 Å². The van der Waals surface area contributed by atoms with Gasteiger partial charge in [0.25, 0.3) is 0 Å². The van der Waals surface area contributed by atoms with Crippen LogP contribution in [0.1, 0.15) is 48.4 Å². The van der Waals surface area contributed by atoms with Gasteiger partial charge in [-0.1, -0.05) is 6.07 Å². The fraction of sp³-hybridized carbons (Fsp3) is 0.474. The van der Waals surface area contributed by atoms with Crippen molar-refractivity contribution in [3.63, 3.8) is 0 Å². The molecule has 0 bridgehead atoms. The number of aromatic nitrogens is 2. The molecule has 1 aromatic carbocycles. The van der Waals surface area contributed by atoms with Crippen LogP contribution in [-0.2, 0) is 24.7 Å². The lowest BCUT2D eigenvalue weighted by atomic mass is 9.86. The van der Waals surface area contributed by atoms with Crippen molar-refractivity contribution in [2.75, 3.05) is 6.54 Å². The Morgan fingerprint density at radius 1 is 1.32 bits per heavy atom. The van der Waals surface area contributed by atoms with Gasteiger partial charge < -0.3 is 5.32 Å². The predicted octanol–water partition coefficient (Wildman–Crippen LogP) is 3.26. The van der Waals surface area contributed by atoms with Crippen LogP contribution < -0.4 is 5.32 Å². The zero-order valence-electron chi connectivity index (χ0n) is 14.4. The minimum atomic E-state index is -0.821. The number of hydrogen-bond acceptors (Lipinski definition) is 2. The molecule has 134 valence electrons. The van der Waals surface area contributed by atoms with E-state index in [0.29, 0.717) is 13.0 Å². The topological polar surface area (TPSA) is 46.9 Å². The van der Waals surface area contributed by atoms with Crippen molar-refractivity contribution in [3.05, 3.63) is 52.9 Å². The van der Waals surface area contributed by atoms with Gasteiger partial charge in [-0.15, -0.1) is 0 Å². The Morgan fingerprint density at radius 3 is 2.96 bits per heavy atom. The first-order valence-corrected chi connectivity index (χ1v) is 8.78. The lowest BCUT2D eigenvalue weighted by Gasteiger charge is -2.20. The van der Waals surface area contributed by atoms with Crippen LogP contribution in [0.25, 0.3) is 0 Å². The number of rotatable bonds is 6. The largest absolute Gasteiger partial charge is 0.356 e. The van der Waals surface area contributed by atoms with Gasteiger partial charge >= 0.3 is 0 Å². The van der Waals surface area contributed by atoms with E-state index in [1.165, 1.54) is 6.07 Å². The second-order valence-electron chi connectivity index (χ2n) is 6.65. The number of carbonyl (C=O) groups excluding carboxylic acids is 1. The van der Waals surface area contributed by atoms with Crippen LogP contribution in [0, 0.1) is 11.6 Å². The van der Waals surface area contributed by atoms with Crippen molar-refractivity contribution in [3.8, 4) is 0 Å². The molecule has 4 nitrogen and oxygen atoms in total. The van der Waals surface area contributed by atoms with Gasteiger partial charge in [-0.2, -0.15) is 5.10 Å². The van der Waals surface area contributed by atoms with E-state index in [2.05, 4.69) is 10.4 Å². The molecule has 1 aliphatic rings. The van der Waals surface area contributed by atoms with Gasteiger partial charge in [0.05, 0.1) is 11.6 Å². The van der Waals surface area contributed by atoms with Gasteiger partial charge in [-0.3, -0.25) is 9.48 Å². The molecule has 0 spiro atoms. The monoisotopic (exact) mass is 347 g/mol. The molecule has 0 fully saturated rings. The van der Waals surface area contributed by atoms with E-state index in [1.807, 2.05) is 13.2 Å². The van der Waals surface area contributed by atoms with Crippen LogP contribution in [0.4, 0.5) is 8.78 Å². The third kappa shape index (κ3) is 4.24. The highest BCUT2D eigenvalue weighted by atomic mass is 19.2. The quantitative estimate of drug-likeness (QED) is 0.816. The lowest BCUT2D eigenvalue weighted by molar-refractivity contribution is -0.122. The number of aryl methyl sites for hydroxylation is 3. The fourth-order valence-electron chi connectivity index (χ4n) is 3.42. The maximum Gasteiger partial charge on any atom is 0.227 e. The molecule has 1 atom stereocenters. The predicted molar refractivity (Wildman–Crippen MR) is 91.2 cm³/mol. The van der Waals surface area contributed by atoms with Crippen LogP contribution in [0.5, 0.6) is 0 Å². The summed E-state index contributed by atoms with van der Waals surface area (Å²) in [4.78, 5) is 12.4. The molecular weight excluding hydrogens is 324 g/mol. The first-order chi connectivity index (χ1) is 12.0. The van der Waals surface area contributed by atoms with Crippen LogP contribution in [0.2, 0.25) is 0 Å². The summed E-state index contributed by atoms with van der Waals surface area (Å²) in [5.74, 6) is -1.68. The number of unbranched alkanes of at least 4 members (excludes halogenated alkanes) is 1. The molecule has 25 heavy (non-hydrogen) atoms. The molecule has 1 amide bonds. The zero-order valence-corrected chi connectivity index (χ0v) is 14.4. The minimum absolute atomic E-state index is 0.0572. The highest BCUT2D eigenvalue weighted by Gasteiger charge is 2.28. The maximum absolute atomic E-state index is 13.2. The summed E-state index contributed by atoms with van der Waals surface area (Å²) < 4.78 is 27.8. The summed E-state index contributed by atoms with van der Waals surface area (Å²) >= 11 is 0. The SMILES string of the molecule is Cn1cc2c(n1)CCC[C@@H]2C(=O)NCCCCc1ccc(F)c(F)c1.